The molecule has 17 heavy (non-hydrogen) atoms. The highest BCUT2D eigenvalue weighted by Gasteiger charge is 2.35. The average Bonchev–Trinajstić information content (AvgIpc) is 2.68. The van der Waals surface area contributed by atoms with Crippen LogP contribution in [0.1, 0.15) is 13.8 Å². The quantitative estimate of drug-likeness (QED) is 0.626. The van der Waals surface area contributed by atoms with E-state index in [1.165, 1.54) is 9.80 Å². The summed E-state index contributed by atoms with van der Waals surface area (Å²) in [5, 5.41) is 3.04. The van der Waals surface area contributed by atoms with Crippen molar-refractivity contribution in [3.05, 3.63) is 11.5 Å². The van der Waals surface area contributed by atoms with Gasteiger partial charge in [0, 0.05) is 21.1 Å². The van der Waals surface area contributed by atoms with Crippen LogP contribution in [0, 0.1) is 0 Å². The van der Waals surface area contributed by atoms with Gasteiger partial charge >= 0.3 is 0 Å². The van der Waals surface area contributed by atoms with Gasteiger partial charge in [0.15, 0.2) is 0 Å². The molecule has 0 saturated heterocycles. The van der Waals surface area contributed by atoms with Crippen molar-refractivity contribution in [3.8, 4) is 0 Å². The predicted molar refractivity (Wildman–Crippen MR) is 64.5 cm³/mol. The maximum absolute atomic E-state index is 11.9. The Hall–Kier alpha value is -1.72. The Morgan fingerprint density at radius 1 is 1.06 bits per heavy atom. The van der Waals surface area contributed by atoms with E-state index in [-0.39, 0.29) is 18.4 Å². The fraction of sp³-hybridized carbons (Fsp3) is 0.636. The third-order valence-electron chi connectivity index (χ3n) is 2.72. The molecule has 0 unspecified atom stereocenters. The highest BCUT2D eigenvalue weighted by Crippen LogP contribution is 2.20. The van der Waals surface area contributed by atoms with Crippen molar-refractivity contribution in [1.82, 2.24) is 20.0 Å². The van der Waals surface area contributed by atoms with Gasteiger partial charge in [0.05, 0.1) is 6.67 Å². The molecule has 96 valence electrons. The van der Waals surface area contributed by atoms with Gasteiger partial charge in [-0.1, -0.05) is 13.8 Å². The molecule has 2 aliphatic rings. The molecule has 0 aliphatic carbocycles. The molecule has 0 fully saturated rings. The molecule has 2 aliphatic heterocycles. The number of carbonyl (C=O) groups is 2. The summed E-state index contributed by atoms with van der Waals surface area (Å²) in [4.78, 5) is 28.3. The van der Waals surface area contributed by atoms with Crippen LogP contribution in [0.5, 0.6) is 0 Å². The van der Waals surface area contributed by atoms with Gasteiger partial charge in [0.25, 0.3) is 5.91 Å². The Balaban J connectivity index is 0.000000686. The summed E-state index contributed by atoms with van der Waals surface area (Å²) in [6.45, 7) is 4.68. The first kappa shape index (κ1) is 13.3. The standard InChI is InChI=1S/C9H14N4O2.C2H6/c1-11-4-6(14)13(3)8-7(9(11)15)12(2)5-10-8;1-2/h10H,4-5H2,1-3H3;1-2H3. The van der Waals surface area contributed by atoms with Crippen molar-refractivity contribution in [2.45, 2.75) is 13.8 Å². The Labute approximate surface area is 102 Å². The minimum absolute atomic E-state index is 0.0846. The Kier molecular flexibility index (Phi) is 3.98. The third kappa shape index (κ3) is 2.20. The van der Waals surface area contributed by atoms with Crippen LogP contribution < -0.4 is 5.32 Å². The maximum atomic E-state index is 11.9. The zero-order chi connectivity index (χ0) is 13.2. The van der Waals surface area contributed by atoms with Crippen molar-refractivity contribution in [3.63, 3.8) is 0 Å². The summed E-state index contributed by atoms with van der Waals surface area (Å²) in [5.74, 6) is 0.408. The van der Waals surface area contributed by atoms with Crippen molar-refractivity contribution >= 4 is 11.8 Å². The van der Waals surface area contributed by atoms with Crippen LogP contribution in [-0.4, -0.2) is 60.9 Å². The van der Waals surface area contributed by atoms with Crippen molar-refractivity contribution in [2.75, 3.05) is 34.4 Å². The van der Waals surface area contributed by atoms with E-state index < -0.39 is 0 Å². The van der Waals surface area contributed by atoms with Crippen LogP contribution in [0.25, 0.3) is 0 Å². The topological polar surface area (TPSA) is 55.9 Å². The van der Waals surface area contributed by atoms with Crippen LogP contribution in [0.15, 0.2) is 11.5 Å². The lowest BCUT2D eigenvalue weighted by molar-refractivity contribution is -0.134. The first-order valence-electron chi connectivity index (χ1n) is 5.73. The van der Waals surface area contributed by atoms with E-state index in [4.69, 9.17) is 0 Å². The zero-order valence-electron chi connectivity index (χ0n) is 11.1. The first-order chi connectivity index (χ1) is 8.02. The van der Waals surface area contributed by atoms with E-state index >= 15 is 0 Å². The fourth-order valence-corrected chi connectivity index (χ4v) is 1.77. The zero-order valence-corrected chi connectivity index (χ0v) is 11.1. The van der Waals surface area contributed by atoms with E-state index in [2.05, 4.69) is 5.32 Å². The number of nitrogens with one attached hydrogen (secondary N) is 1. The molecular weight excluding hydrogens is 220 g/mol. The molecule has 0 aromatic heterocycles. The SMILES string of the molecule is CC.CN1CC(=O)N(C)C2=C(C1=O)N(C)CN2. The molecule has 0 spiro atoms. The number of likely N-dealkylation sites (N-methyl/N-ethyl adjacent to an activating group) is 3. The molecule has 2 heterocycles. The van der Waals surface area contributed by atoms with Gasteiger partial charge in [-0.2, -0.15) is 0 Å². The van der Waals surface area contributed by atoms with Gasteiger partial charge in [-0.25, -0.2) is 0 Å². The van der Waals surface area contributed by atoms with Gasteiger partial charge in [0.2, 0.25) is 5.91 Å². The molecule has 0 radical (unpaired) electrons. The van der Waals surface area contributed by atoms with E-state index in [0.29, 0.717) is 18.2 Å². The highest BCUT2D eigenvalue weighted by molar-refractivity contribution is 5.98. The van der Waals surface area contributed by atoms with Gasteiger partial charge in [-0.15, -0.1) is 0 Å². The predicted octanol–water partition coefficient (Wildman–Crippen LogP) is -0.395. The van der Waals surface area contributed by atoms with Crippen LogP contribution >= 0.6 is 0 Å². The molecule has 1 N–H and O–H groups in total. The number of amides is 2. The fourth-order valence-electron chi connectivity index (χ4n) is 1.77. The molecule has 0 aromatic rings. The smallest absolute Gasteiger partial charge is 0.274 e. The average molecular weight is 240 g/mol. The number of hydrogen-bond donors (Lipinski definition) is 1. The summed E-state index contributed by atoms with van der Waals surface area (Å²) in [6.07, 6.45) is 0. The summed E-state index contributed by atoms with van der Waals surface area (Å²) >= 11 is 0. The van der Waals surface area contributed by atoms with Gasteiger partial charge in [0.1, 0.15) is 18.1 Å². The molecule has 6 nitrogen and oxygen atoms in total. The molecule has 0 bridgehead atoms. The Morgan fingerprint density at radius 3 is 2.24 bits per heavy atom. The van der Waals surface area contributed by atoms with E-state index in [1.54, 1.807) is 14.1 Å². The second-order valence-electron chi connectivity index (χ2n) is 3.84. The van der Waals surface area contributed by atoms with Crippen LogP contribution in [-0.2, 0) is 9.59 Å². The lowest BCUT2D eigenvalue weighted by Crippen LogP contribution is -2.39. The lowest BCUT2D eigenvalue weighted by atomic mass is 10.3. The van der Waals surface area contributed by atoms with Gasteiger partial charge in [-0.3, -0.25) is 14.5 Å². The summed E-state index contributed by atoms with van der Waals surface area (Å²) in [6, 6.07) is 0. The van der Waals surface area contributed by atoms with E-state index in [1.807, 2.05) is 25.8 Å². The minimum Gasteiger partial charge on any atom is -0.352 e. The number of hydrogen-bond acceptors (Lipinski definition) is 4. The molecule has 0 aromatic carbocycles. The lowest BCUT2D eigenvalue weighted by Gasteiger charge is -2.19. The van der Waals surface area contributed by atoms with Crippen molar-refractivity contribution < 1.29 is 9.59 Å². The van der Waals surface area contributed by atoms with Crippen LogP contribution in [0.4, 0.5) is 0 Å². The highest BCUT2D eigenvalue weighted by atomic mass is 16.2. The summed E-state index contributed by atoms with van der Waals surface area (Å²) in [5.41, 5.74) is 0.561. The molecular formula is C11H20N4O2. The monoisotopic (exact) mass is 240 g/mol. The first-order valence-corrected chi connectivity index (χ1v) is 5.73. The minimum atomic E-state index is -0.116. The van der Waals surface area contributed by atoms with Gasteiger partial charge < -0.3 is 15.1 Å². The summed E-state index contributed by atoms with van der Waals surface area (Å²) < 4.78 is 0. The molecule has 0 saturated carbocycles. The maximum Gasteiger partial charge on any atom is 0.274 e. The molecule has 6 heteroatoms. The summed E-state index contributed by atoms with van der Waals surface area (Å²) in [7, 11) is 5.14. The third-order valence-corrected chi connectivity index (χ3v) is 2.72. The van der Waals surface area contributed by atoms with E-state index in [0.717, 1.165) is 0 Å². The Morgan fingerprint density at radius 2 is 1.65 bits per heavy atom. The number of nitrogens with zero attached hydrogens (tertiary/aromatic N) is 3. The van der Waals surface area contributed by atoms with E-state index in [9.17, 15) is 9.59 Å². The number of rotatable bonds is 0. The normalized spacial score (nSPS) is 19.7. The molecule has 2 amide bonds. The number of carbonyl (C=O) groups excluding carboxylic acids is 2. The largest absolute Gasteiger partial charge is 0.352 e. The van der Waals surface area contributed by atoms with Crippen LogP contribution in [0.3, 0.4) is 0 Å². The van der Waals surface area contributed by atoms with Crippen molar-refractivity contribution in [1.29, 1.82) is 0 Å². The van der Waals surface area contributed by atoms with Crippen molar-refractivity contribution in [2.24, 2.45) is 0 Å². The second kappa shape index (κ2) is 5.07. The molecule has 2 rings (SSSR count). The van der Waals surface area contributed by atoms with Gasteiger partial charge in [-0.05, 0) is 0 Å². The second-order valence-corrected chi connectivity index (χ2v) is 3.84. The molecule has 0 atom stereocenters. The Bertz CT molecular complexity index is 364. The van der Waals surface area contributed by atoms with Crippen LogP contribution in [0.2, 0.25) is 0 Å².